The molecule has 40 heavy (non-hydrogen) atoms. The molecule has 10 nitrogen and oxygen atoms in total. The molecule has 0 amide bonds. The highest BCUT2D eigenvalue weighted by molar-refractivity contribution is 6.31. The Balaban J connectivity index is 1.28. The molecule has 2 saturated heterocycles. The number of rotatable bonds is 5. The zero-order valence-corrected chi connectivity index (χ0v) is 22.8. The molecule has 2 aliphatic rings. The van der Waals surface area contributed by atoms with Crippen molar-refractivity contribution in [3.05, 3.63) is 53.3 Å². The van der Waals surface area contributed by atoms with Crippen LogP contribution in [-0.4, -0.2) is 62.5 Å². The summed E-state index contributed by atoms with van der Waals surface area (Å²) in [5.41, 5.74) is 3.48. The standard InChI is InChI=1S/C29H28ClN5O5/c1-15-14-38-10-9-21(15)35-22-8-7-17(30)11-20(22)33-29(35)39-18-12-23(28(36)37)34(13-18)27-26-25(31-16(2)32-27)19-5-3-4-6-24(19)40-26/h3-8,11,15,18,21,23H,9-10,12-14H2,1-2H3,(H,36,37)/t15-,18-,21-,23-/m0/s1. The molecular formula is C29H28ClN5O5. The number of aromatic nitrogens is 4. The molecule has 5 heterocycles. The van der Waals surface area contributed by atoms with Gasteiger partial charge in [0.2, 0.25) is 0 Å². The highest BCUT2D eigenvalue weighted by atomic mass is 35.5. The third-order valence-electron chi connectivity index (χ3n) is 7.95. The fourth-order valence-corrected chi connectivity index (χ4v) is 6.25. The SMILES string of the molecule is Cc1nc(N2C[C@@H](Oc3nc4cc(Cl)ccc4n3[C@H]3CCOC[C@@H]3C)C[C@H]2C(=O)O)c2oc3ccccc3c2n1. The predicted molar refractivity (Wildman–Crippen MR) is 150 cm³/mol. The minimum Gasteiger partial charge on any atom is -0.480 e. The Labute approximate surface area is 234 Å². The van der Waals surface area contributed by atoms with Gasteiger partial charge >= 0.3 is 5.97 Å². The summed E-state index contributed by atoms with van der Waals surface area (Å²) in [7, 11) is 0. The number of fused-ring (bicyclic) bond motifs is 4. The van der Waals surface area contributed by atoms with Gasteiger partial charge in [0.05, 0.1) is 24.2 Å². The van der Waals surface area contributed by atoms with Crippen LogP contribution in [0, 0.1) is 12.8 Å². The van der Waals surface area contributed by atoms with Crippen molar-refractivity contribution < 1.29 is 23.8 Å². The summed E-state index contributed by atoms with van der Waals surface area (Å²) in [6.07, 6.45) is 0.634. The van der Waals surface area contributed by atoms with Gasteiger partial charge in [-0.05, 0) is 43.7 Å². The molecule has 3 aromatic heterocycles. The van der Waals surface area contributed by atoms with E-state index in [0.29, 0.717) is 59.1 Å². The summed E-state index contributed by atoms with van der Waals surface area (Å²) in [5.74, 6) is 0.289. The van der Waals surface area contributed by atoms with Gasteiger partial charge in [0.1, 0.15) is 29.1 Å². The van der Waals surface area contributed by atoms with Crippen molar-refractivity contribution >= 4 is 56.5 Å². The number of halogens is 1. The number of hydrogen-bond acceptors (Lipinski definition) is 8. The fraction of sp³-hybridized carbons (Fsp3) is 0.379. The summed E-state index contributed by atoms with van der Waals surface area (Å²) in [6.45, 7) is 5.56. The number of aliphatic carboxylic acids is 1. The van der Waals surface area contributed by atoms with Crippen molar-refractivity contribution in [3.63, 3.8) is 0 Å². The molecule has 4 atom stereocenters. The van der Waals surface area contributed by atoms with Crippen LogP contribution in [-0.2, 0) is 9.53 Å². The van der Waals surface area contributed by atoms with Gasteiger partial charge in [-0.25, -0.2) is 14.8 Å². The van der Waals surface area contributed by atoms with E-state index in [-0.39, 0.29) is 18.4 Å². The first-order chi connectivity index (χ1) is 19.4. The van der Waals surface area contributed by atoms with Crippen LogP contribution in [0.1, 0.15) is 31.6 Å². The van der Waals surface area contributed by atoms with E-state index in [2.05, 4.69) is 21.5 Å². The molecule has 0 spiro atoms. The molecule has 0 radical (unpaired) electrons. The number of anilines is 1. The lowest BCUT2D eigenvalue weighted by atomic mass is 9.97. The number of nitrogens with zero attached hydrogens (tertiary/aromatic N) is 5. The molecular weight excluding hydrogens is 534 g/mol. The Morgan fingerprint density at radius 3 is 2.85 bits per heavy atom. The van der Waals surface area contributed by atoms with Gasteiger partial charge in [-0.2, -0.15) is 4.98 Å². The zero-order valence-electron chi connectivity index (χ0n) is 22.1. The number of hydrogen-bond donors (Lipinski definition) is 1. The van der Waals surface area contributed by atoms with Crippen LogP contribution in [0.4, 0.5) is 5.82 Å². The molecule has 0 saturated carbocycles. The average Bonchev–Trinajstić information content (AvgIpc) is 3.62. The van der Waals surface area contributed by atoms with Gasteiger partial charge in [-0.15, -0.1) is 0 Å². The summed E-state index contributed by atoms with van der Waals surface area (Å²) < 4.78 is 20.5. The first-order valence-corrected chi connectivity index (χ1v) is 13.8. The van der Waals surface area contributed by atoms with Crippen molar-refractivity contribution in [2.24, 2.45) is 5.92 Å². The lowest BCUT2D eigenvalue weighted by molar-refractivity contribution is -0.138. The van der Waals surface area contributed by atoms with Gasteiger partial charge in [0.15, 0.2) is 11.4 Å². The Morgan fingerprint density at radius 1 is 1.18 bits per heavy atom. The van der Waals surface area contributed by atoms with Crippen LogP contribution in [0.3, 0.4) is 0 Å². The third kappa shape index (κ3) is 4.13. The van der Waals surface area contributed by atoms with Crippen LogP contribution in [0.15, 0.2) is 46.9 Å². The van der Waals surface area contributed by atoms with Crippen molar-refractivity contribution in [1.82, 2.24) is 19.5 Å². The summed E-state index contributed by atoms with van der Waals surface area (Å²) >= 11 is 6.29. The second kappa shape index (κ2) is 9.64. The van der Waals surface area contributed by atoms with Crippen molar-refractivity contribution in [2.75, 3.05) is 24.7 Å². The molecule has 0 bridgehead atoms. The van der Waals surface area contributed by atoms with Gasteiger partial charge < -0.3 is 23.9 Å². The second-order valence-electron chi connectivity index (χ2n) is 10.7. The predicted octanol–water partition coefficient (Wildman–Crippen LogP) is 5.40. The van der Waals surface area contributed by atoms with Crippen molar-refractivity contribution in [1.29, 1.82) is 0 Å². The van der Waals surface area contributed by atoms with Gasteiger partial charge in [-0.3, -0.25) is 4.57 Å². The zero-order chi connectivity index (χ0) is 27.5. The number of furan rings is 1. The van der Waals surface area contributed by atoms with Gasteiger partial charge in [0, 0.05) is 35.4 Å². The summed E-state index contributed by atoms with van der Waals surface area (Å²) in [6, 6.07) is 13.0. The number of carboxylic acids is 1. The van der Waals surface area contributed by atoms with E-state index in [1.807, 2.05) is 42.5 Å². The Hall–Kier alpha value is -3.89. The maximum atomic E-state index is 12.5. The average molecular weight is 562 g/mol. The summed E-state index contributed by atoms with van der Waals surface area (Å²) in [5, 5.41) is 11.7. The van der Waals surface area contributed by atoms with Crippen LogP contribution >= 0.6 is 11.6 Å². The molecule has 7 rings (SSSR count). The molecule has 2 fully saturated rings. The Bertz CT molecular complexity index is 1770. The fourth-order valence-electron chi connectivity index (χ4n) is 6.09. The number of aryl methyl sites for hydroxylation is 1. The highest BCUT2D eigenvalue weighted by Gasteiger charge is 2.41. The molecule has 206 valence electrons. The van der Waals surface area contributed by atoms with E-state index in [9.17, 15) is 9.90 Å². The van der Waals surface area contributed by atoms with E-state index < -0.39 is 18.1 Å². The molecule has 2 aliphatic heterocycles. The van der Waals surface area contributed by atoms with Crippen molar-refractivity contribution in [3.8, 4) is 6.01 Å². The number of carbonyl (C=O) groups is 1. The van der Waals surface area contributed by atoms with Crippen LogP contribution in [0.2, 0.25) is 5.02 Å². The summed E-state index contributed by atoms with van der Waals surface area (Å²) in [4.78, 5) is 28.3. The Kier molecular flexibility index (Phi) is 6.05. The first kappa shape index (κ1) is 25.1. The number of imidazole rings is 1. The molecule has 0 unspecified atom stereocenters. The lowest BCUT2D eigenvalue weighted by Gasteiger charge is -2.31. The van der Waals surface area contributed by atoms with Gasteiger partial charge in [0.25, 0.3) is 6.01 Å². The molecule has 11 heteroatoms. The van der Waals surface area contributed by atoms with Gasteiger partial charge in [-0.1, -0.05) is 30.7 Å². The quantitative estimate of drug-likeness (QED) is 0.301. The van der Waals surface area contributed by atoms with Crippen LogP contribution < -0.4 is 9.64 Å². The van der Waals surface area contributed by atoms with Crippen molar-refractivity contribution in [2.45, 2.75) is 44.9 Å². The molecule has 5 aromatic rings. The monoisotopic (exact) mass is 561 g/mol. The largest absolute Gasteiger partial charge is 0.480 e. The lowest BCUT2D eigenvalue weighted by Crippen LogP contribution is -2.37. The van der Waals surface area contributed by atoms with Crippen LogP contribution in [0.5, 0.6) is 6.01 Å². The third-order valence-corrected chi connectivity index (χ3v) is 8.19. The second-order valence-corrected chi connectivity index (χ2v) is 11.1. The number of para-hydroxylation sites is 1. The van der Waals surface area contributed by atoms with E-state index in [1.54, 1.807) is 11.8 Å². The topological polar surface area (TPSA) is 116 Å². The number of ether oxygens (including phenoxy) is 2. The normalized spacial score (nSPS) is 23.4. The maximum Gasteiger partial charge on any atom is 0.326 e. The molecule has 2 aromatic carbocycles. The van der Waals surface area contributed by atoms with E-state index in [1.165, 1.54) is 0 Å². The smallest absolute Gasteiger partial charge is 0.326 e. The van der Waals surface area contributed by atoms with E-state index in [4.69, 9.17) is 30.5 Å². The Morgan fingerprint density at radius 2 is 2.02 bits per heavy atom. The highest BCUT2D eigenvalue weighted by Crippen LogP contribution is 2.39. The number of carboxylic acid groups (broad SMARTS) is 1. The number of benzene rings is 2. The maximum absolute atomic E-state index is 12.5. The molecule has 0 aliphatic carbocycles. The minimum atomic E-state index is -0.954. The minimum absolute atomic E-state index is 0.127. The van der Waals surface area contributed by atoms with Crippen LogP contribution in [0.25, 0.3) is 33.1 Å². The van der Waals surface area contributed by atoms with E-state index >= 15 is 0 Å². The van der Waals surface area contributed by atoms with E-state index in [0.717, 1.165) is 22.8 Å². The first-order valence-electron chi connectivity index (χ1n) is 13.4. The molecule has 1 N–H and O–H groups in total.